The number of hydrogen-bond acceptors (Lipinski definition) is 4. The average molecular weight is 223 g/mol. The summed E-state index contributed by atoms with van der Waals surface area (Å²) in [6.07, 6.45) is 0. The van der Waals surface area contributed by atoms with Gasteiger partial charge in [-0.05, 0) is 18.2 Å². The quantitative estimate of drug-likeness (QED) is 0.729. The second-order valence-electron chi connectivity index (χ2n) is 2.89. The van der Waals surface area contributed by atoms with E-state index in [-0.39, 0.29) is 23.5 Å². The molecule has 1 aromatic rings. The zero-order valence-electron chi connectivity index (χ0n) is 8.70. The monoisotopic (exact) mass is 223 g/mol. The van der Waals surface area contributed by atoms with Crippen molar-refractivity contribution in [3.63, 3.8) is 0 Å². The van der Waals surface area contributed by atoms with Gasteiger partial charge in [-0.1, -0.05) is 0 Å². The number of halogens is 1. The number of carbonyl (C=O) groups excluding carboxylic acids is 1. The highest BCUT2D eigenvalue weighted by atomic mass is 19.1. The molecule has 1 rings (SSSR count). The first kappa shape index (κ1) is 12.0. The summed E-state index contributed by atoms with van der Waals surface area (Å²) in [5.41, 5.74) is 0.465. The van der Waals surface area contributed by atoms with Crippen molar-refractivity contribution in [3.05, 3.63) is 29.3 Å². The summed E-state index contributed by atoms with van der Waals surface area (Å²) >= 11 is 0. The Morgan fingerprint density at radius 1 is 1.50 bits per heavy atom. The number of methoxy groups -OCH3 is 1. The summed E-state index contributed by atoms with van der Waals surface area (Å²) in [6, 6.07) is 6.10. The Bertz CT molecular complexity index is 426. The van der Waals surface area contributed by atoms with Crippen molar-refractivity contribution in [2.24, 2.45) is 0 Å². The van der Waals surface area contributed by atoms with E-state index in [1.54, 1.807) is 0 Å². The maximum absolute atomic E-state index is 11.9. The number of alkyl halides is 1. The molecule has 0 aliphatic carbocycles. The van der Waals surface area contributed by atoms with E-state index in [0.29, 0.717) is 0 Å². The van der Waals surface area contributed by atoms with Gasteiger partial charge in [0.25, 0.3) is 0 Å². The zero-order chi connectivity index (χ0) is 12.0. The summed E-state index contributed by atoms with van der Waals surface area (Å²) in [4.78, 5) is 11.2. The first-order valence-electron chi connectivity index (χ1n) is 4.53. The fraction of sp³-hybridized carbons (Fsp3) is 0.273. The Hall–Kier alpha value is -2.09. The van der Waals surface area contributed by atoms with Crippen LogP contribution >= 0.6 is 0 Å². The lowest BCUT2D eigenvalue weighted by molar-refractivity contribution is 0.0600. The van der Waals surface area contributed by atoms with Crippen LogP contribution in [0.5, 0.6) is 5.75 Å². The van der Waals surface area contributed by atoms with Crippen molar-refractivity contribution in [1.29, 1.82) is 5.26 Å². The normalized spacial score (nSPS) is 9.31. The third-order valence-electron chi connectivity index (χ3n) is 1.80. The number of carbonyl (C=O) groups is 1. The highest BCUT2D eigenvalue weighted by molar-refractivity contribution is 5.90. The van der Waals surface area contributed by atoms with Crippen molar-refractivity contribution in [2.45, 2.75) is 0 Å². The number of nitrogens with zero attached hydrogens (tertiary/aromatic N) is 1. The molecule has 5 heteroatoms. The summed E-state index contributed by atoms with van der Waals surface area (Å²) in [5, 5.41) is 8.73. The van der Waals surface area contributed by atoms with Gasteiger partial charge in [-0.3, -0.25) is 0 Å². The van der Waals surface area contributed by atoms with E-state index in [0.717, 1.165) is 0 Å². The van der Waals surface area contributed by atoms with Crippen LogP contribution in [0.4, 0.5) is 4.39 Å². The van der Waals surface area contributed by atoms with Gasteiger partial charge in [-0.25, -0.2) is 9.18 Å². The molecular formula is C11H10FNO3. The minimum Gasteiger partial charge on any atom is -0.491 e. The van der Waals surface area contributed by atoms with Crippen LogP contribution in [0.3, 0.4) is 0 Å². The lowest BCUT2D eigenvalue weighted by Gasteiger charge is -2.06. The molecule has 0 heterocycles. The van der Waals surface area contributed by atoms with Crippen molar-refractivity contribution >= 4 is 5.97 Å². The molecule has 0 aromatic heterocycles. The van der Waals surface area contributed by atoms with Gasteiger partial charge in [0.05, 0.1) is 24.3 Å². The molecule has 0 saturated carbocycles. The maximum Gasteiger partial charge on any atom is 0.338 e. The number of nitriles is 1. The van der Waals surface area contributed by atoms with Crippen molar-refractivity contribution in [1.82, 2.24) is 0 Å². The van der Waals surface area contributed by atoms with Crippen LogP contribution in [-0.4, -0.2) is 26.4 Å². The number of ether oxygens (including phenoxy) is 2. The first-order valence-corrected chi connectivity index (χ1v) is 4.53. The predicted molar refractivity (Wildman–Crippen MR) is 54.0 cm³/mol. The SMILES string of the molecule is COC(=O)c1cc(C#N)cc(OCCF)c1. The van der Waals surface area contributed by atoms with Crippen molar-refractivity contribution in [3.8, 4) is 11.8 Å². The molecule has 0 amide bonds. The molecule has 84 valence electrons. The molecule has 0 saturated heterocycles. The van der Waals surface area contributed by atoms with E-state index in [1.807, 2.05) is 6.07 Å². The van der Waals surface area contributed by atoms with Crippen LogP contribution in [-0.2, 0) is 4.74 Å². The highest BCUT2D eigenvalue weighted by Gasteiger charge is 2.09. The van der Waals surface area contributed by atoms with E-state index in [9.17, 15) is 9.18 Å². The van der Waals surface area contributed by atoms with Crippen LogP contribution in [0.15, 0.2) is 18.2 Å². The van der Waals surface area contributed by atoms with Gasteiger partial charge in [0.1, 0.15) is 19.0 Å². The second kappa shape index (κ2) is 5.71. The molecule has 0 unspecified atom stereocenters. The lowest BCUT2D eigenvalue weighted by atomic mass is 10.1. The third kappa shape index (κ3) is 2.95. The number of benzene rings is 1. The molecule has 1 aromatic carbocycles. The summed E-state index contributed by atoms with van der Waals surface area (Å²) in [5.74, 6) is -0.292. The van der Waals surface area contributed by atoms with Crippen LogP contribution < -0.4 is 4.74 Å². The minimum atomic E-state index is -0.635. The van der Waals surface area contributed by atoms with Gasteiger partial charge in [0.2, 0.25) is 0 Å². The number of hydrogen-bond donors (Lipinski definition) is 0. The van der Waals surface area contributed by atoms with E-state index >= 15 is 0 Å². The Morgan fingerprint density at radius 2 is 2.25 bits per heavy atom. The molecule has 0 atom stereocenters. The average Bonchev–Trinajstić information content (AvgIpc) is 2.34. The Labute approximate surface area is 92.2 Å². The molecule has 0 aliphatic heterocycles. The van der Waals surface area contributed by atoms with Gasteiger partial charge in [0, 0.05) is 0 Å². The standard InChI is InChI=1S/C11H10FNO3/c1-15-11(14)9-4-8(7-13)5-10(6-9)16-3-2-12/h4-6H,2-3H2,1H3. The minimum absolute atomic E-state index is 0.116. The third-order valence-corrected chi connectivity index (χ3v) is 1.80. The Kier molecular flexibility index (Phi) is 4.28. The molecule has 4 nitrogen and oxygen atoms in total. The molecule has 16 heavy (non-hydrogen) atoms. The van der Waals surface area contributed by atoms with Crippen LogP contribution in [0.2, 0.25) is 0 Å². The van der Waals surface area contributed by atoms with E-state index in [4.69, 9.17) is 10.00 Å². The van der Waals surface area contributed by atoms with E-state index in [2.05, 4.69) is 4.74 Å². The van der Waals surface area contributed by atoms with Gasteiger partial charge in [0.15, 0.2) is 0 Å². The summed E-state index contributed by atoms with van der Waals surface area (Å²) in [6.45, 7) is -0.750. The molecule has 0 fully saturated rings. The molecule has 0 bridgehead atoms. The summed E-state index contributed by atoms with van der Waals surface area (Å²) in [7, 11) is 1.24. The van der Waals surface area contributed by atoms with Crippen LogP contribution in [0.25, 0.3) is 0 Å². The highest BCUT2D eigenvalue weighted by Crippen LogP contribution is 2.17. The van der Waals surface area contributed by atoms with Gasteiger partial charge in [-0.2, -0.15) is 5.26 Å². The van der Waals surface area contributed by atoms with Crippen molar-refractivity contribution < 1.29 is 18.7 Å². The molecule has 0 radical (unpaired) electrons. The summed E-state index contributed by atoms with van der Waals surface area (Å²) < 4.78 is 21.4. The van der Waals surface area contributed by atoms with Crippen LogP contribution in [0, 0.1) is 11.3 Å². The second-order valence-corrected chi connectivity index (χ2v) is 2.89. The van der Waals surface area contributed by atoms with E-state index in [1.165, 1.54) is 25.3 Å². The molecular weight excluding hydrogens is 213 g/mol. The largest absolute Gasteiger partial charge is 0.491 e. The zero-order valence-corrected chi connectivity index (χ0v) is 8.70. The molecule has 0 aliphatic rings. The van der Waals surface area contributed by atoms with Gasteiger partial charge in [-0.15, -0.1) is 0 Å². The Balaban J connectivity index is 3.02. The first-order chi connectivity index (χ1) is 7.71. The van der Waals surface area contributed by atoms with Gasteiger partial charge < -0.3 is 9.47 Å². The van der Waals surface area contributed by atoms with E-state index < -0.39 is 12.6 Å². The number of rotatable bonds is 4. The Morgan fingerprint density at radius 3 is 2.81 bits per heavy atom. The van der Waals surface area contributed by atoms with Crippen LogP contribution in [0.1, 0.15) is 15.9 Å². The fourth-order valence-electron chi connectivity index (χ4n) is 1.14. The maximum atomic E-state index is 11.9. The lowest BCUT2D eigenvalue weighted by Crippen LogP contribution is -2.04. The molecule has 0 spiro atoms. The smallest absolute Gasteiger partial charge is 0.338 e. The van der Waals surface area contributed by atoms with Crippen molar-refractivity contribution in [2.75, 3.05) is 20.4 Å². The van der Waals surface area contributed by atoms with Gasteiger partial charge >= 0.3 is 5.97 Å². The molecule has 0 N–H and O–H groups in total. The topological polar surface area (TPSA) is 59.3 Å². The number of esters is 1. The fourth-order valence-corrected chi connectivity index (χ4v) is 1.14. The predicted octanol–water partition coefficient (Wildman–Crippen LogP) is 1.69.